The van der Waals surface area contributed by atoms with Gasteiger partial charge in [-0.05, 0) is 49.1 Å². The van der Waals surface area contributed by atoms with Gasteiger partial charge in [0.2, 0.25) is 0 Å². The minimum absolute atomic E-state index is 0.223. The number of fused-ring (bicyclic) bond motifs is 1. The predicted molar refractivity (Wildman–Crippen MR) is 108 cm³/mol. The van der Waals surface area contributed by atoms with E-state index >= 15 is 0 Å². The third-order valence-corrected chi connectivity index (χ3v) is 4.58. The molecule has 0 fully saturated rings. The lowest BCUT2D eigenvalue weighted by atomic mass is 10.1. The Labute approximate surface area is 158 Å². The number of pyridine rings is 1. The average molecular weight is 364 g/mol. The van der Waals surface area contributed by atoms with Crippen molar-refractivity contribution in [1.82, 2.24) is 4.57 Å². The van der Waals surface area contributed by atoms with Crippen LogP contribution in [0.4, 0.5) is 5.69 Å². The van der Waals surface area contributed by atoms with E-state index in [0.717, 1.165) is 12.0 Å². The van der Waals surface area contributed by atoms with E-state index in [1.54, 1.807) is 28.8 Å². The van der Waals surface area contributed by atoms with Crippen molar-refractivity contribution < 1.29 is 9.90 Å². The highest BCUT2D eigenvalue weighted by Crippen LogP contribution is 2.27. The fourth-order valence-electron chi connectivity index (χ4n) is 3.12. The average Bonchev–Trinajstić information content (AvgIpc) is 2.61. The second-order valence-electron chi connectivity index (χ2n) is 7.20. The lowest BCUT2D eigenvalue weighted by Gasteiger charge is -2.16. The first-order valence-corrected chi connectivity index (χ1v) is 9.11. The van der Waals surface area contributed by atoms with E-state index in [1.807, 2.05) is 31.2 Å². The zero-order chi connectivity index (χ0) is 19.6. The van der Waals surface area contributed by atoms with Crippen LogP contribution in [0, 0.1) is 12.8 Å². The van der Waals surface area contributed by atoms with Crippen molar-refractivity contribution in [2.75, 3.05) is 5.32 Å². The lowest BCUT2D eigenvalue weighted by molar-refractivity contribution is 0.102. The number of nitrogens with zero attached hydrogens (tertiary/aromatic N) is 1. The van der Waals surface area contributed by atoms with Gasteiger partial charge in [-0.25, -0.2) is 0 Å². The van der Waals surface area contributed by atoms with E-state index in [4.69, 9.17) is 0 Å². The van der Waals surface area contributed by atoms with E-state index in [9.17, 15) is 14.7 Å². The molecular formula is C22H24N2O3. The Morgan fingerprint density at radius 2 is 1.89 bits per heavy atom. The van der Waals surface area contributed by atoms with Crippen LogP contribution in [0.5, 0.6) is 5.75 Å². The largest absolute Gasteiger partial charge is 0.506 e. The molecule has 0 spiro atoms. The molecule has 3 rings (SSSR count). The molecule has 2 aromatic carbocycles. The first kappa shape index (κ1) is 18.7. The molecule has 2 N–H and O–H groups in total. The topological polar surface area (TPSA) is 71.3 Å². The number of hydrogen-bond donors (Lipinski definition) is 2. The van der Waals surface area contributed by atoms with Crippen molar-refractivity contribution in [2.45, 2.75) is 33.7 Å². The van der Waals surface area contributed by atoms with Crippen molar-refractivity contribution in [3.8, 4) is 5.75 Å². The van der Waals surface area contributed by atoms with E-state index in [-0.39, 0.29) is 11.3 Å². The Balaban J connectivity index is 2.11. The summed E-state index contributed by atoms with van der Waals surface area (Å²) in [6, 6.07) is 14.4. The second kappa shape index (κ2) is 7.66. The van der Waals surface area contributed by atoms with Gasteiger partial charge in [-0.15, -0.1) is 0 Å². The van der Waals surface area contributed by atoms with Crippen molar-refractivity contribution in [1.29, 1.82) is 0 Å². The van der Waals surface area contributed by atoms with Gasteiger partial charge in [-0.2, -0.15) is 0 Å². The van der Waals surface area contributed by atoms with Gasteiger partial charge < -0.3 is 15.0 Å². The standard InChI is InChI=1S/C22H24N2O3/c1-14(2)11-12-24-18-10-5-4-9-17(18)20(25)19(22(24)27)21(26)23-16-8-6-7-15(3)13-16/h4-10,13-14,25H,11-12H2,1-3H3,(H,23,26). The molecule has 0 bridgehead atoms. The molecule has 0 saturated heterocycles. The fraction of sp³-hybridized carbons (Fsp3) is 0.273. The Morgan fingerprint density at radius 3 is 2.59 bits per heavy atom. The third kappa shape index (κ3) is 3.87. The summed E-state index contributed by atoms with van der Waals surface area (Å²) < 4.78 is 1.58. The van der Waals surface area contributed by atoms with Gasteiger partial charge in [0.25, 0.3) is 11.5 Å². The Bertz CT molecular complexity index is 1050. The molecule has 3 aromatic rings. The molecule has 0 unspecified atom stereocenters. The maximum absolute atomic E-state index is 13.1. The summed E-state index contributed by atoms with van der Waals surface area (Å²) in [7, 11) is 0. The van der Waals surface area contributed by atoms with Crippen LogP contribution >= 0.6 is 0 Å². The van der Waals surface area contributed by atoms with Crippen LogP contribution in [0.15, 0.2) is 53.3 Å². The van der Waals surface area contributed by atoms with Crippen molar-refractivity contribution in [3.63, 3.8) is 0 Å². The molecule has 0 aliphatic heterocycles. The molecule has 1 heterocycles. The normalized spacial score (nSPS) is 11.1. The molecular weight excluding hydrogens is 340 g/mol. The molecule has 27 heavy (non-hydrogen) atoms. The number of rotatable bonds is 5. The summed E-state index contributed by atoms with van der Waals surface area (Å²) in [6.45, 7) is 6.57. The zero-order valence-electron chi connectivity index (χ0n) is 15.8. The predicted octanol–water partition coefficient (Wildman–Crippen LogP) is 4.31. The van der Waals surface area contributed by atoms with E-state index < -0.39 is 11.5 Å². The van der Waals surface area contributed by atoms with Crippen LogP contribution in [0.1, 0.15) is 36.2 Å². The van der Waals surface area contributed by atoms with Gasteiger partial charge in [0.05, 0.1) is 5.52 Å². The van der Waals surface area contributed by atoms with Crippen LogP contribution < -0.4 is 10.9 Å². The summed E-state index contributed by atoms with van der Waals surface area (Å²) in [5, 5.41) is 13.9. The zero-order valence-corrected chi connectivity index (χ0v) is 15.8. The summed E-state index contributed by atoms with van der Waals surface area (Å²) in [5.74, 6) is -0.470. The number of benzene rings is 2. The molecule has 140 valence electrons. The third-order valence-electron chi connectivity index (χ3n) is 4.58. The minimum atomic E-state index is -0.604. The highest BCUT2D eigenvalue weighted by molar-refractivity contribution is 6.09. The number of carbonyl (C=O) groups excluding carboxylic acids is 1. The number of hydrogen-bond acceptors (Lipinski definition) is 3. The van der Waals surface area contributed by atoms with E-state index in [2.05, 4.69) is 19.2 Å². The number of para-hydroxylation sites is 1. The van der Waals surface area contributed by atoms with E-state index in [0.29, 0.717) is 29.1 Å². The number of amides is 1. The summed E-state index contributed by atoms with van der Waals surface area (Å²) in [5.41, 5.74) is 1.51. The molecule has 0 atom stereocenters. The number of nitrogens with one attached hydrogen (secondary N) is 1. The van der Waals surface area contributed by atoms with Crippen molar-refractivity contribution >= 4 is 22.5 Å². The minimum Gasteiger partial charge on any atom is -0.506 e. The smallest absolute Gasteiger partial charge is 0.267 e. The molecule has 0 radical (unpaired) electrons. The first-order valence-electron chi connectivity index (χ1n) is 9.11. The molecule has 0 aliphatic rings. The first-order chi connectivity index (χ1) is 12.9. The quantitative estimate of drug-likeness (QED) is 0.708. The van der Waals surface area contributed by atoms with Gasteiger partial charge >= 0.3 is 0 Å². The molecule has 1 amide bonds. The van der Waals surface area contributed by atoms with Crippen LogP contribution in [0.2, 0.25) is 0 Å². The highest BCUT2D eigenvalue weighted by Gasteiger charge is 2.22. The van der Waals surface area contributed by atoms with Crippen molar-refractivity contribution in [2.24, 2.45) is 5.92 Å². The number of aryl methyl sites for hydroxylation is 2. The molecule has 1 aromatic heterocycles. The number of aromatic hydroxyl groups is 1. The highest BCUT2D eigenvalue weighted by atomic mass is 16.3. The molecule has 0 saturated carbocycles. The maximum Gasteiger partial charge on any atom is 0.267 e. The second-order valence-corrected chi connectivity index (χ2v) is 7.20. The Morgan fingerprint density at radius 1 is 1.15 bits per heavy atom. The summed E-state index contributed by atoms with van der Waals surface area (Å²) in [4.78, 5) is 25.9. The van der Waals surface area contributed by atoms with Gasteiger partial charge in [0.15, 0.2) is 0 Å². The Hall–Kier alpha value is -3.08. The van der Waals surface area contributed by atoms with Crippen molar-refractivity contribution in [3.05, 3.63) is 70.0 Å². The van der Waals surface area contributed by atoms with Gasteiger partial charge in [-0.1, -0.05) is 38.1 Å². The molecule has 5 nitrogen and oxygen atoms in total. The van der Waals surface area contributed by atoms with E-state index in [1.165, 1.54) is 0 Å². The molecule has 0 aliphatic carbocycles. The number of anilines is 1. The lowest BCUT2D eigenvalue weighted by Crippen LogP contribution is -2.30. The van der Waals surface area contributed by atoms with Gasteiger partial charge in [0.1, 0.15) is 11.3 Å². The SMILES string of the molecule is Cc1cccc(NC(=O)c2c(O)c3ccccc3n(CCC(C)C)c2=O)c1. The number of aromatic nitrogens is 1. The monoisotopic (exact) mass is 364 g/mol. The van der Waals surface area contributed by atoms with Gasteiger partial charge in [-0.3, -0.25) is 9.59 Å². The number of carbonyl (C=O) groups is 1. The van der Waals surface area contributed by atoms with Crippen LogP contribution in [0.25, 0.3) is 10.9 Å². The Kier molecular flexibility index (Phi) is 5.31. The fourth-order valence-corrected chi connectivity index (χ4v) is 3.12. The van der Waals surface area contributed by atoms with Crippen LogP contribution in [-0.4, -0.2) is 15.6 Å². The summed E-state index contributed by atoms with van der Waals surface area (Å²) in [6.07, 6.45) is 0.799. The van der Waals surface area contributed by atoms with Gasteiger partial charge in [0, 0.05) is 17.6 Å². The van der Waals surface area contributed by atoms with Crippen LogP contribution in [-0.2, 0) is 6.54 Å². The maximum atomic E-state index is 13.1. The summed E-state index contributed by atoms with van der Waals surface area (Å²) >= 11 is 0. The molecule has 5 heteroatoms. The van der Waals surface area contributed by atoms with Crippen LogP contribution in [0.3, 0.4) is 0 Å².